The lowest BCUT2D eigenvalue weighted by atomic mass is 10.1. The van der Waals surface area contributed by atoms with Gasteiger partial charge in [0.25, 0.3) is 5.91 Å². The SMILES string of the molecule is CC(=O)N1CC[C@H]2CC[C@@H](C(=O)N(C)c3ccccc3)N2C(=O)C(NC(=O)c2cc3cc(C(F)(F)P(=O)(O)O)ccc3s2)C1. The van der Waals surface area contributed by atoms with Gasteiger partial charge in [-0.25, -0.2) is 0 Å². The summed E-state index contributed by atoms with van der Waals surface area (Å²) in [6.45, 7) is 1.57. The second-order valence-electron chi connectivity index (χ2n) is 11.0. The molecule has 0 spiro atoms. The first-order valence-corrected chi connectivity index (χ1v) is 16.3. The van der Waals surface area contributed by atoms with E-state index in [9.17, 15) is 32.5 Å². The zero-order valence-electron chi connectivity index (χ0n) is 23.9. The predicted molar refractivity (Wildman–Crippen MR) is 159 cm³/mol. The maximum absolute atomic E-state index is 14.3. The lowest BCUT2D eigenvalue weighted by Gasteiger charge is -2.39. The molecular formula is C29H31F2N4O7PS. The number of hydrogen-bond donors (Lipinski definition) is 3. The molecule has 4 amide bonds. The average Bonchev–Trinajstić information content (AvgIpc) is 3.60. The van der Waals surface area contributed by atoms with Crippen LogP contribution in [0.4, 0.5) is 14.5 Å². The Kier molecular flexibility index (Phi) is 8.65. The van der Waals surface area contributed by atoms with Gasteiger partial charge in [-0.1, -0.05) is 24.3 Å². The summed E-state index contributed by atoms with van der Waals surface area (Å²) in [5.74, 6) is -1.75. The highest BCUT2D eigenvalue weighted by Crippen LogP contribution is 2.59. The van der Waals surface area contributed by atoms with Crippen molar-refractivity contribution in [3.8, 4) is 0 Å². The van der Waals surface area contributed by atoms with Crippen LogP contribution in [-0.2, 0) is 24.6 Å². The van der Waals surface area contributed by atoms with Crippen molar-refractivity contribution in [1.29, 1.82) is 0 Å². The van der Waals surface area contributed by atoms with Crippen LogP contribution in [0.2, 0.25) is 0 Å². The Morgan fingerprint density at radius 1 is 1.07 bits per heavy atom. The third kappa shape index (κ3) is 5.99. The van der Waals surface area contributed by atoms with Crippen LogP contribution in [0.5, 0.6) is 0 Å². The van der Waals surface area contributed by atoms with Crippen LogP contribution >= 0.6 is 18.9 Å². The van der Waals surface area contributed by atoms with E-state index < -0.39 is 42.7 Å². The fourth-order valence-electron chi connectivity index (χ4n) is 5.75. The molecule has 0 saturated carbocycles. The third-order valence-electron chi connectivity index (χ3n) is 8.15. The molecule has 3 aromatic rings. The Labute approximate surface area is 255 Å². The Bertz CT molecular complexity index is 1660. The molecular weight excluding hydrogens is 617 g/mol. The smallest absolute Gasteiger partial charge is 0.340 e. The van der Waals surface area contributed by atoms with Crippen LogP contribution < -0.4 is 10.2 Å². The predicted octanol–water partition coefficient (Wildman–Crippen LogP) is 3.50. The van der Waals surface area contributed by atoms with Gasteiger partial charge in [-0.3, -0.25) is 23.7 Å². The summed E-state index contributed by atoms with van der Waals surface area (Å²) in [7, 11) is -4.15. The quantitative estimate of drug-likeness (QED) is 0.347. The largest absolute Gasteiger partial charge is 0.399 e. The molecule has 2 saturated heterocycles. The van der Waals surface area contributed by atoms with E-state index in [2.05, 4.69) is 5.32 Å². The van der Waals surface area contributed by atoms with Gasteiger partial charge in [0.15, 0.2) is 0 Å². The van der Waals surface area contributed by atoms with E-state index in [-0.39, 0.29) is 34.7 Å². The monoisotopic (exact) mass is 648 g/mol. The maximum atomic E-state index is 14.3. The molecule has 2 fully saturated rings. The van der Waals surface area contributed by atoms with Gasteiger partial charge >= 0.3 is 13.3 Å². The van der Waals surface area contributed by atoms with Gasteiger partial charge in [-0.15, -0.1) is 11.3 Å². The van der Waals surface area contributed by atoms with Gasteiger partial charge in [0, 0.05) is 49.1 Å². The number of benzene rings is 2. The van der Waals surface area contributed by atoms with Crippen LogP contribution in [0.15, 0.2) is 54.6 Å². The van der Waals surface area contributed by atoms with Crippen molar-refractivity contribution in [2.75, 3.05) is 25.0 Å². The van der Waals surface area contributed by atoms with Crippen molar-refractivity contribution in [2.45, 2.75) is 50.0 Å². The summed E-state index contributed by atoms with van der Waals surface area (Å²) >= 11 is 0.948. The minimum atomic E-state index is -5.79. The number of nitrogens with zero attached hydrogens (tertiary/aromatic N) is 3. The lowest BCUT2D eigenvalue weighted by molar-refractivity contribution is -0.144. The standard InChI is InChI=1S/C29H31F2N4O7PS/c1-17(36)34-13-12-21-9-10-23(28(39)33(2)20-6-4-3-5-7-20)35(21)27(38)22(16-34)32-26(37)25-15-18-14-19(8-11-24(18)44-25)29(30,31)43(40,41)42/h3-8,11,14-15,21-23H,9-10,12-13,16H2,1-2H3,(H,32,37)(H2,40,41,42)/t21-,22?,23+/m1/s1. The molecule has 0 aliphatic carbocycles. The molecule has 44 heavy (non-hydrogen) atoms. The summed E-state index contributed by atoms with van der Waals surface area (Å²) < 4.78 is 40.3. The summed E-state index contributed by atoms with van der Waals surface area (Å²) in [6, 6.07) is 11.1. The van der Waals surface area contributed by atoms with Crippen molar-refractivity contribution in [3.63, 3.8) is 0 Å². The number of carbonyl (C=O) groups is 4. The van der Waals surface area contributed by atoms with Gasteiger partial charge in [0.05, 0.1) is 4.88 Å². The summed E-state index contributed by atoms with van der Waals surface area (Å²) in [4.78, 5) is 76.2. The van der Waals surface area contributed by atoms with Gasteiger partial charge < -0.3 is 29.8 Å². The zero-order chi connectivity index (χ0) is 32.0. The molecule has 2 aliphatic rings. The highest BCUT2D eigenvalue weighted by atomic mass is 32.1. The molecule has 1 aromatic heterocycles. The van der Waals surface area contributed by atoms with Gasteiger partial charge in [-0.2, -0.15) is 8.78 Å². The van der Waals surface area contributed by atoms with E-state index in [1.165, 1.54) is 33.8 Å². The molecule has 2 aromatic carbocycles. The molecule has 3 heterocycles. The number of hydrogen-bond acceptors (Lipinski definition) is 6. The minimum Gasteiger partial charge on any atom is -0.340 e. The van der Waals surface area contributed by atoms with Crippen LogP contribution in [0.25, 0.3) is 10.1 Å². The molecule has 234 valence electrons. The second-order valence-corrected chi connectivity index (χ2v) is 13.7. The van der Waals surface area contributed by atoms with Crippen LogP contribution in [0.1, 0.15) is 41.4 Å². The Morgan fingerprint density at radius 2 is 1.77 bits per heavy atom. The minimum absolute atomic E-state index is 0.0651. The Morgan fingerprint density at radius 3 is 2.43 bits per heavy atom. The molecule has 15 heteroatoms. The average molecular weight is 649 g/mol. The van der Waals surface area contributed by atoms with Crippen LogP contribution in [0, 0.1) is 0 Å². The normalized spacial score (nSPS) is 21.0. The second kappa shape index (κ2) is 12.0. The highest BCUT2D eigenvalue weighted by Gasteiger charge is 2.50. The highest BCUT2D eigenvalue weighted by molar-refractivity contribution is 7.52. The molecule has 3 N–H and O–H groups in total. The molecule has 5 rings (SSSR count). The van der Waals surface area contributed by atoms with E-state index in [1.807, 2.05) is 6.07 Å². The zero-order valence-corrected chi connectivity index (χ0v) is 25.6. The Hall–Kier alpha value is -3.71. The summed E-state index contributed by atoms with van der Waals surface area (Å²) in [5.41, 5.74) is -4.65. The number of fused-ring (bicyclic) bond motifs is 2. The van der Waals surface area contributed by atoms with Crippen molar-refractivity contribution < 1.29 is 42.3 Å². The lowest BCUT2D eigenvalue weighted by Crippen LogP contribution is -2.61. The number of halogens is 2. The summed E-state index contributed by atoms with van der Waals surface area (Å²) in [5, 5.41) is 2.85. The number of carbonyl (C=O) groups excluding carboxylic acids is 4. The first-order valence-electron chi connectivity index (χ1n) is 13.9. The molecule has 0 radical (unpaired) electrons. The van der Waals surface area contributed by atoms with E-state index in [1.54, 1.807) is 31.3 Å². The Balaban J connectivity index is 1.41. The fourth-order valence-corrected chi connectivity index (χ4v) is 7.17. The summed E-state index contributed by atoms with van der Waals surface area (Å²) in [6.07, 6.45) is 1.45. The van der Waals surface area contributed by atoms with Crippen LogP contribution in [-0.4, -0.2) is 81.5 Å². The maximum Gasteiger partial charge on any atom is 0.399 e. The van der Waals surface area contributed by atoms with E-state index >= 15 is 0 Å². The first-order chi connectivity index (χ1) is 20.7. The van der Waals surface area contributed by atoms with E-state index in [0.29, 0.717) is 36.2 Å². The van der Waals surface area contributed by atoms with Gasteiger partial charge in [-0.05, 0) is 55.0 Å². The number of thiophene rings is 1. The number of para-hydroxylation sites is 1. The van der Waals surface area contributed by atoms with E-state index in [0.717, 1.165) is 23.5 Å². The van der Waals surface area contributed by atoms with Crippen LogP contribution in [0.3, 0.4) is 0 Å². The number of rotatable bonds is 6. The third-order valence-corrected chi connectivity index (χ3v) is 10.3. The number of amides is 4. The molecule has 1 unspecified atom stereocenters. The van der Waals surface area contributed by atoms with Gasteiger partial charge in [0.1, 0.15) is 12.1 Å². The van der Waals surface area contributed by atoms with Crippen molar-refractivity contribution in [2.24, 2.45) is 0 Å². The number of likely N-dealkylation sites (N-methyl/N-ethyl adjacent to an activating group) is 1. The number of alkyl halides is 2. The first kappa shape index (κ1) is 31.7. The number of anilines is 1. The molecule has 0 bridgehead atoms. The van der Waals surface area contributed by atoms with E-state index in [4.69, 9.17) is 9.79 Å². The topological polar surface area (TPSA) is 148 Å². The fraction of sp³-hybridized carbons (Fsp3) is 0.379. The van der Waals surface area contributed by atoms with Crippen molar-refractivity contribution in [1.82, 2.24) is 15.1 Å². The molecule has 2 aliphatic heterocycles. The number of nitrogens with one attached hydrogen (secondary N) is 1. The van der Waals surface area contributed by atoms with Gasteiger partial charge in [0.2, 0.25) is 17.7 Å². The van der Waals surface area contributed by atoms with Crippen molar-refractivity contribution in [3.05, 3.63) is 65.0 Å². The molecule has 11 nitrogen and oxygen atoms in total. The van der Waals surface area contributed by atoms with Crippen molar-refractivity contribution >= 4 is 58.3 Å². The molecule has 3 atom stereocenters.